The van der Waals surface area contributed by atoms with Crippen LogP contribution in [0, 0.1) is 41.5 Å². The summed E-state index contributed by atoms with van der Waals surface area (Å²) in [6.07, 6.45) is 0. The van der Waals surface area contributed by atoms with Crippen molar-refractivity contribution < 1.29 is 0 Å². The Bertz CT molecular complexity index is 6810. The lowest BCUT2D eigenvalue weighted by Gasteiger charge is -2.28. The second-order valence-electron chi connectivity index (χ2n) is 27.7. The highest BCUT2D eigenvalue weighted by Crippen LogP contribution is 2.54. The topological polar surface area (TPSA) is 16.3 Å². The Balaban J connectivity index is 0.795. The molecule has 4 nitrogen and oxygen atoms in total. The van der Waals surface area contributed by atoms with E-state index in [1.54, 1.807) is 0 Å². The second kappa shape index (κ2) is 22.4. The van der Waals surface area contributed by atoms with Gasteiger partial charge in [0.2, 0.25) is 0 Å². The van der Waals surface area contributed by atoms with E-state index < -0.39 is 0 Å². The van der Waals surface area contributed by atoms with Crippen LogP contribution in [0.5, 0.6) is 0 Å². The highest BCUT2D eigenvalue weighted by atomic mass is 32.1. The zero-order valence-electron chi connectivity index (χ0n) is 56.3. The van der Waals surface area contributed by atoms with Gasteiger partial charge in [-0.25, -0.2) is 0 Å². The van der Waals surface area contributed by atoms with Crippen molar-refractivity contribution in [1.29, 1.82) is 0 Å². The molecule has 0 atom stereocenters. The number of nitrogens with zero attached hydrogens (tertiary/aromatic N) is 4. The van der Waals surface area contributed by atoms with Crippen molar-refractivity contribution in [2.75, 3.05) is 9.80 Å². The fourth-order valence-corrected chi connectivity index (χ4v) is 19.2. The van der Waals surface area contributed by atoms with E-state index in [0.29, 0.717) is 0 Å². The summed E-state index contributed by atoms with van der Waals surface area (Å²) in [6.45, 7) is 13.2. The normalized spacial score (nSPS) is 12.1. The maximum absolute atomic E-state index is 2.56. The summed E-state index contributed by atoms with van der Waals surface area (Å²) in [5.74, 6) is 0. The van der Waals surface area contributed by atoms with Gasteiger partial charge in [0.1, 0.15) is 0 Å². The number of pyridine rings is 2. The van der Waals surface area contributed by atoms with Gasteiger partial charge < -0.3 is 18.9 Å². The van der Waals surface area contributed by atoms with Crippen molar-refractivity contribution in [2.24, 2.45) is 0 Å². The molecule has 0 spiro atoms. The first-order chi connectivity index (χ1) is 49.0. The highest BCUT2D eigenvalue weighted by Gasteiger charge is 2.27. The Hall–Kier alpha value is -11.8. The van der Waals surface area contributed by atoms with Gasteiger partial charge in [0, 0.05) is 107 Å². The number of fused-ring (bicyclic) bond motifs is 16. The zero-order valence-corrected chi connectivity index (χ0v) is 58.0. The Morgan fingerprint density at radius 2 is 0.600 bits per heavy atom. The molecule has 0 unspecified atom stereocenters. The summed E-state index contributed by atoms with van der Waals surface area (Å²) < 4.78 is 10.1. The molecule has 20 aromatic rings. The van der Waals surface area contributed by atoms with E-state index in [1.165, 1.54) is 155 Å². The van der Waals surface area contributed by atoms with Gasteiger partial charge in [0.25, 0.3) is 0 Å². The van der Waals surface area contributed by atoms with Gasteiger partial charge in [-0.1, -0.05) is 193 Å². The number of benzene rings is 16. The standard InChI is InChI=1S/C94H66N4S2/c1-55-34-39-63(40-35-55)97-79-33-12-11-24-69(79)73-29-16-31-77-89(73)83(97)53-87-93(77)94-78-32-17-30-74-72-43-38-61(50-80(72)98(64-41-36-56(2)37-42-64)84(90(74)78)54-88(94)100-87)62-44-60(6)48-68(49-62)96(67-23-15-20-59(5)47-67)82-52-86-92(76-28-10-8-26-71(76)82)91-75-27-9-7-25-70(75)81(51-85(91)99-86)95(65-21-13-18-57(3)45-65)66-22-14-19-58(4)46-66/h7-54H,1-6H3. The summed E-state index contributed by atoms with van der Waals surface area (Å²) in [6, 6.07) is 110. The molecule has 4 heterocycles. The van der Waals surface area contributed by atoms with E-state index in [9.17, 15) is 0 Å². The molecule has 0 N–H and O–H groups in total. The number of hydrogen-bond acceptors (Lipinski definition) is 4. The molecule has 0 amide bonds. The third-order valence-electron chi connectivity index (χ3n) is 21.1. The van der Waals surface area contributed by atoms with E-state index in [4.69, 9.17) is 0 Å². The maximum Gasteiger partial charge on any atom is 0.0561 e. The lowest BCUT2D eigenvalue weighted by atomic mass is 9.92. The molecule has 0 fully saturated rings. The predicted octanol–water partition coefficient (Wildman–Crippen LogP) is 27.7. The van der Waals surface area contributed by atoms with Gasteiger partial charge >= 0.3 is 0 Å². The van der Waals surface area contributed by atoms with Crippen molar-refractivity contribution >= 4 is 184 Å². The van der Waals surface area contributed by atoms with E-state index >= 15 is 0 Å². The van der Waals surface area contributed by atoms with Crippen LogP contribution in [0.2, 0.25) is 0 Å². The van der Waals surface area contributed by atoms with Crippen LogP contribution in [0.3, 0.4) is 0 Å². The van der Waals surface area contributed by atoms with Crippen LogP contribution < -0.4 is 9.80 Å². The predicted molar refractivity (Wildman–Crippen MR) is 434 cm³/mol. The van der Waals surface area contributed by atoms with Crippen LogP contribution >= 0.6 is 22.7 Å². The van der Waals surface area contributed by atoms with Crippen molar-refractivity contribution in [1.82, 2.24) is 9.13 Å². The summed E-state index contributed by atoms with van der Waals surface area (Å²) in [4.78, 5) is 4.98. The minimum Gasteiger partial charge on any atom is -0.310 e. The van der Waals surface area contributed by atoms with Crippen LogP contribution in [0.4, 0.5) is 34.1 Å². The number of rotatable bonds is 9. The van der Waals surface area contributed by atoms with Crippen molar-refractivity contribution in [3.05, 3.63) is 325 Å². The summed E-state index contributed by atoms with van der Waals surface area (Å²) >= 11 is 3.82. The van der Waals surface area contributed by atoms with Crippen LogP contribution in [-0.2, 0) is 0 Å². The van der Waals surface area contributed by atoms with E-state index in [1.807, 2.05) is 22.7 Å². The molecule has 6 heteroatoms. The van der Waals surface area contributed by atoms with Crippen LogP contribution in [-0.4, -0.2) is 9.13 Å². The van der Waals surface area contributed by atoms with E-state index in [-0.39, 0.29) is 0 Å². The lowest BCUT2D eigenvalue weighted by Crippen LogP contribution is -2.11. The molecule has 20 rings (SSSR count). The number of hydrogen-bond donors (Lipinski definition) is 0. The number of para-hydroxylation sites is 1. The van der Waals surface area contributed by atoms with Crippen molar-refractivity contribution in [3.63, 3.8) is 0 Å². The SMILES string of the molecule is Cc1ccc(-n2c3ccccc3c3cccc4c5c(cc2c34)sc2cc3c4c(cccc4c25)c2ccc(-c4cc(C)cc(N(c5cccc(C)c5)c5cc6sc7cc(N(c8cccc(C)c8)c8cccc(C)c8)c8ccccc8c7c6c6ccccc56)c4)cc2n3-c2ccc(C)cc2)cc1. The smallest absolute Gasteiger partial charge is 0.0561 e. The molecule has 0 saturated heterocycles. The quantitative estimate of drug-likeness (QED) is 0.106. The maximum atomic E-state index is 2.56. The van der Waals surface area contributed by atoms with Gasteiger partial charge in [-0.2, -0.15) is 0 Å². The van der Waals surface area contributed by atoms with Gasteiger partial charge in [-0.15, -0.1) is 22.7 Å². The Labute approximate surface area is 587 Å². The van der Waals surface area contributed by atoms with Gasteiger partial charge in [0.05, 0.1) is 33.4 Å². The van der Waals surface area contributed by atoms with E-state index in [0.717, 1.165) is 62.1 Å². The zero-order chi connectivity index (χ0) is 66.8. The van der Waals surface area contributed by atoms with Crippen LogP contribution in [0.1, 0.15) is 33.4 Å². The fraction of sp³-hybridized carbons (Fsp3) is 0.0638. The minimum absolute atomic E-state index is 1.10. The second-order valence-corrected chi connectivity index (χ2v) is 29.8. The molecule has 0 radical (unpaired) electrons. The van der Waals surface area contributed by atoms with E-state index in [2.05, 4.69) is 352 Å². The molecule has 0 aliphatic rings. The molecule has 474 valence electrons. The molecule has 0 aliphatic heterocycles. The average Bonchev–Trinajstić information content (AvgIpc) is 1.42. The first kappa shape index (κ1) is 58.4. The van der Waals surface area contributed by atoms with Crippen LogP contribution in [0.15, 0.2) is 291 Å². The monoisotopic (exact) mass is 1310 g/mol. The number of anilines is 6. The van der Waals surface area contributed by atoms with Crippen molar-refractivity contribution in [3.8, 4) is 22.5 Å². The highest BCUT2D eigenvalue weighted by molar-refractivity contribution is 7.26. The van der Waals surface area contributed by atoms with Gasteiger partial charge in [-0.05, 0) is 216 Å². The number of aryl methyl sites for hydroxylation is 6. The molecule has 0 saturated carbocycles. The fourth-order valence-electron chi connectivity index (χ4n) is 16.7. The van der Waals surface area contributed by atoms with Crippen molar-refractivity contribution in [2.45, 2.75) is 41.5 Å². The molecule has 0 bridgehead atoms. The molecular formula is C94H66N4S2. The van der Waals surface area contributed by atoms with Gasteiger partial charge in [-0.3, -0.25) is 0 Å². The lowest BCUT2D eigenvalue weighted by molar-refractivity contribution is 1.16. The summed E-state index contributed by atoms with van der Waals surface area (Å²) in [5, 5.41) is 20.3. The third-order valence-corrected chi connectivity index (χ3v) is 23.2. The first-order valence-electron chi connectivity index (χ1n) is 34.6. The summed E-state index contributed by atoms with van der Waals surface area (Å²) in [7, 11) is 0. The average molecular weight is 1320 g/mol. The molecule has 16 aromatic carbocycles. The molecular weight excluding hydrogens is 1250 g/mol. The first-order valence-corrected chi connectivity index (χ1v) is 36.2. The third kappa shape index (κ3) is 8.96. The largest absolute Gasteiger partial charge is 0.310 e. The molecule has 4 aromatic heterocycles. The van der Waals surface area contributed by atoms with Gasteiger partial charge in [0.15, 0.2) is 0 Å². The Morgan fingerprint density at radius 1 is 0.220 bits per heavy atom. The number of aromatic nitrogens is 2. The Kier molecular flexibility index (Phi) is 13.1. The molecule has 100 heavy (non-hydrogen) atoms. The molecule has 0 aliphatic carbocycles. The van der Waals surface area contributed by atoms with Crippen LogP contribution in [0.25, 0.3) is 150 Å². The Morgan fingerprint density at radius 3 is 1.10 bits per heavy atom. The number of thiophene rings is 2. The minimum atomic E-state index is 1.10. The summed E-state index contributed by atoms with van der Waals surface area (Å²) in [5.41, 5.74) is 23.5.